The lowest BCUT2D eigenvalue weighted by molar-refractivity contribution is 0.0227. The Kier molecular flexibility index (Phi) is 7.24. The SMILES string of the molecule is CCC1(CC)C[C@@H](NC(=O)c2cc(S(=O)(=O)N3CCN(C)CC3)ccc2Cl)c2ccccc2O1. The Morgan fingerprint density at radius 3 is 2.47 bits per heavy atom. The van der Waals surface area contributed by atoms with E-state index in [1.54, 1.807) is 0 Å². The Hall–Kier alpha value is -2.13. The number of piperazine rings is 1. The molecule has 0 unspecified atom stereocenters. The first-order chi connectivity index (χ1) is 16.2. The van der Waals surface area contributed by atoms with Gasteiger partial charge in [0.2, 0.25) is 10.0 Å². The second-order valence-electron chi connectivity index (χ2n) is 9.11. The molecule has 1 saturated heterocycles. The maximum atomic E-state index is 13.4. The molecule has 2 aliphatic heterocycles. The summed E-state index contributed by atoms with van der Waals surface area (Å²) in [4.78, 5) is 15.5. The van der Waals surface area contributed by atoms with E-state index in [0.717, 1.165) is 24.2 Å². The van der Waals surface area contributed by atoms with Crippen LogP contribution in [-0.2, 0) is 10.0 Å². The van der Waals surface area contributed by atoms with Gasteiger partial charge in [-0.2, -0.15) is 4.31 Å². The largest absolute Gasteiger partial charge is 0.487 e. The summed E-state index contributed by atoms with van der Waals surface area (Å²) in [5.74, 6) is 0.364. The van der Waals surface area contributed by atoms with E-state index in [2.05, 4.69) is 24.1 Å². The van der Waals surface area contributed by atoms with Crippen molar-refractivity contribution in [2.45, 2.75) is 49.6 Å². The van der Waals surface area contributed by atoms with E-state index in [9.17, 15) is 13.2 Å². The number of para-hydroxylation sites is 1. The summed E-state index contributed by atoms with van der Waals surface area (Å²) in [6.45, 7) is 6.33. The van der Waals surface area contributed by atoms with Crippen LogP contribution in [0.25, 0.3) is 0 Å². The normalized spacial score (nSPS) is 20.9. The number of halogens is 1. The zero-order valence-corrected chi connectivity index (χ0v) is 21.5. The van der Waals surface area contributed by atoms with E-state index < -0.39 is 15.9 Å². The van der Waals surface area contributed by atoms with Crippen molar-refractivity contribution in [3.63, 3.8) is 0 Å². The molecule has 0 aliphatic carbocycles. The zero-order valence-electron chi connectivity index (χ0n) is 19.9. The van der Waals surface area contributed by atoms with Crippen molar-refractivity contribution >= 4 is 27.5 Å². The predicted molar refractivity (Wildman–Crippen MR) is 133 cm³/mol. The van der Waals surface area contributed by atoms with E-state index in [4.69, 9.17) is 16.3 Å². The van der Waals surface area contributed by atoms with Crippen LogP contribution in [0.1, 0.15) is 55.1 Å². The molecule has 0 radical (unpaired) electrons. The van der Waals surface area contributed by atoms with Crippen LogP contribution in [0, 0.1) is 0 Å². The van der Waals surface area contributed by atoms with Gasteiger partial charge in [-0.05, 0) is 44.2 Å². The number of sulfonamides is 1. The maximum absolute atomic E-state index is 13.4. The van der Waals surface area contributed by atoms with Crippen LogP contribution in [-0.4, -0.2) is 62.4 Å². The number of carbonyl (C=O) groups is 1. The van der Waals surface area contributed by atoms with Crippen molar-refractivity contribution in [1.29, 1.82) is 0 Å². The van der Waals surface area contributed by atoms with Crippen molar-refractivity contribution in [3.8, 4) is 5.75 Å². The van der Waals surface area contributed by atoms with Gasteiger partial charge in [0.05, 0.1) is 21.5 Å². The van der Waals surface area contributed by atoms with Crippen molar-refractivity contribution in [1.82, 2.24) is 14.5 Å². The first kappa shape index (κ1) is 25.0. The molecular weight excluding hydrogens is 474 g/mol. The monoisotopic (exact) mass is 505 g/mol. The van der Waals surface area contributed by atoms with Crippen molar-refractivity contribution in [3.05, 3.63) is 58.6 Å². The van der Waals surface area contributed by atoms with Gasteiger partial charge in [-0.25, -0.2) is 8.42 Å². The first-order valence-corrected chi connectivity index (χ1v) is 13.6. The highest BCUT2D eigenvalue weighted by atomic mass is 35.5. The molecule has 9 heteroatoms. The summed E-state index contributed by atoms with van der Waals surface area (Å²) in [5, 5.41) is 3.32. The molecule has 7 nitrogen and oxygen atoms in total. The molecule has 184 valence electrons. The van der Waals surface area contributed by atoms with E-state index in [1.807, 2.05) is 31.3 Å². The number of rotatable bonds is 6. The van der Waals surface area contributed by atoms with Crippen LogP contribution >= 0.6 is 11.6 Å². The lowest BCUT2D eigenvalue weighted by Crippen LogP contribution is -2.47. The van der Waals surface area contributed by atoms with E-state index in [-0.39, 0.29) is 27.1 Å². The van der Waals surface area contributed by atoms with Gasteiger partial charge in [0.15, 0.2) is 0 Å². The highest BCUT2D eigenvalue weighted by Gasteiger charge is 2.39. The molecule has 2 aliphatic rings. The molecule has 1 atom stereocenters. The van der Waals surface area contributed by atoms with E-state index >= 15 is 0 Å². The van der Waals surface area contributed by atoms with Gasteiger partial charge in [-0.15, -0.1) is 0 Å². The summed E-state index contributed by atoms with van der Waals surface area (Å²) >= 11 is 6.37. The topological polar surface area (TPSA) is 79.0 Å². The van der Waals surface area contributed by atoms with Crippen LogP contribution in [0.3, 0.4) is 0 Å². The van der Waals surface area contributed by atoms with E-state index in [0.29, 0.717) is 32.6 Å². The maximum Gasteiger partial charge on any atom is 0.253 e. The van der Waals surface area contributed by atoms with Gasteiger partial charge in [0.1, 0.15) is 11.4 Å². The number of nitrogens with one attached hydrogen (secondary N) is 1. The molecule has 34 heavy (non-hydrogen) atoms. The van der Waals surface area contributed by atoms with Crippen molar-refractivity contribution in [2.75, 3.05) is 33.2 Å². The van der Waals surface area contributed by atoms with Crippen LogP contribution < -0.4 is 10.1 Å². The van der Waals surface area contributed by atoms with Gasteiger partial charge < -0.3 is 15.0 Å². The van der Waals surface area contributed by atoms with Gasteiger partial charge in [-0.1, -0.05) is 43.6 Å². The molecule has 1 amide bonds. The molecule has 0 saturated carbocycles. The molecule has 4 rings (SSSR count). The molecule has 2 heterocycles. The minimum atomic E-state index is -3.72. The number of amides is 1. The Bertz CT molecular complexity index is 1160. The van der Waals surface area contributed by atoms with Gasteiger partial charge in [0, 0.05) is 38.2 Å². The predicted octanol–water partition coefficient (Wildman–Crippen LogP) is 4.09. The Labute approximate surface area is 207 Å². The molecule has 2 aromatic carbocycles. The molecule has 2 aromatic rings. The smallest absolute Gasteiger partial charge is 0.253 e. The summed E-state index contributed by atoms with van der Waals surface area (Å²) in [5.41, 5.74) is 0.688. The van der Waals surface area contributed by atoms with Crippen LogP contribution in [0.2, 0.25) is 5.02 Å². The summed E-state index contributed by atoms with van der Waals surface area (Å²) in [7, 11) is -1.75. The van der Waals surface area contributed by atoms with Crippen LogP contribution in [0.5, 0.6) is 5.75 Å². The highest BCUT2D eigenvalue weighted by Crippen LogP contribution is 2.42. The third-order valence-electron chi connectivity index (χ3n) is 7.07. The average Bonchev–Trinajstić information content (AvgIpc) is 2.84. The van der Waals surface area contributed by atoms with Gasteiger partial charge in [-0.3, -0.25) is 4.79 Å². The van der Waals surface area contributed by atoms with Gasteiger partial charge in [0.25, 0.3) is 5.91 Å². The lowest BCUT2D eigenvalue weighted by Gasteiger charge is -2.41. The average molecular weight is 506 g/mol. The minimum absolute atomic E-state index is 0.0791. The number of hydrogen-bond acceptors (Lipinski definition) is 5. The molecule has 0 bridgehead atoms. The molecule has 1 N–H and O–H groups in total. The zero-order chi connectivity index (χ0) is 24.5. The number of ether oxygens (including phenoxy) is 1. The molecular formula is C25H32ClN3O4S. The number of nitrogens with zero attached hydrogens (tertiary/aromatic N) is 2. The highest BCUT2D eigenvalue weighted by molar-refractivity contribution is 7.89. The summed E-state index contributed by atoms with van der Waals surface area (Å²) < 4.78 is 34.2. The van der Waals surface area contributed by atoms with Crippen LogP contribution in [0.4, 0.5) is 0 Å². The number of benzene rings is 2. The Morgan fingerprint density at radius 1 is 1.12 bits per heavy atom. The first-order valence-electron chi connectivity index (χ1n) is 11.8. The number of fused-ring (bicyclic) bond motifs is 1. The van der Waals surface area contributed by atoms with Crippen LogP contribution in [0.15, 0.2) is 47.4 Å². The van der Waals surface area contributed by atoms with Gasteiger partial charge >= 0.3 is 0 Å². The Morgan fingerprint density at radius 2 is 1.79 bits per heavy atom. The quantitative estimate of drug-likeness (QED) is 0.639. The molecule has 0 spiro atoms. The fourth-order valence-corrected chi connectivity index (χ4v) is 6.33. The van der Waals surface area contributed by atoms with Crippen molar-refractivity contribution in [2.24, 2.45) is 0 Å². The van der Waals surface area contributed by atoms with Crippen molar-refractivity contribution < 1.29 is 17.9 Å². The second kappa shape index (κ2) is 9.85. The number of hydrogen-bond donors (Lipinski definition) is 1. The molecule has 1 fully saturated rings. The third-order valence-corrected chi connectivity index (χ3v) is 9.30. The summed E-state index contributed by atoms with van der Waals surface area (Å²) in [6, 6.07) is 11.8. The molecule has 0 aromatic heterocycles. The number of carbonyl (C=O) groups excluding carboxylic acids is 1. The lowest BCUT2D eigenvalue weighted by atomic mass is 9.83. The fraction of sp³-hybridized carbons (Fsp3) is 0.480. The Balaban J connectivity index is 1.61. The third kappa shape index (κ3) is 4.82. The second-order valence-corrected chi connectivity index (χ2v) is 11.5. The van der Waals surface area contributed by atoms with E-state index in [1.165, 1.54) is 22.5 Å². The minimum Gasteiger partial charge on any atom is -0.487 e. The number of likely N-dealkylation sites (N-methyl/N-ethyl adjacent to an activating group) is 1. The summed E-state index contributed by atoms with van der Waals surface area (Å²) in [6.07, 6.45) is 2.24. The standard InChI is InChI=1S/C25H32ClN3O4S/c1-4-25(5-2)17-22(19-8-6-7-9-23(19)33-25)27-24(30)20-16-18(10-11-21(20)26)34(31,32)29-14-12-28(3)13-15-29/h6-11,16,22H,4-5,12-15,17H2,1-3H3,(H,27,30)/t22-/m1/s1. The fourth-order valence-electron chi connectivity index (χ4n) is 4.68.